The second-order valence-electron chi connectivity index (χ2n) is 4.39. The van der Waals surface area contributed by atoms with E-state index in [1.54, 1.807) is 6.92 Å². The van der Waals surface area contributed by atoms with Crippen molar-refractivity contribution in [2.45, 2.75) is 44.6 Å². The van der Waals surface area contributed by atoms with Gasteiger partial charge in [0.2, 0.25) is 0 Å². The Labute approximate surface area is 105 Å². The molecule has 2 rings (SSSR count). The van der Waals surface area contributed by atoms with Gasteiger partial charge in [-0.05, 0) is 32.0 Å². The highest BCUT2D eigenvalue weighted by molar-refractivity contribution is 7.80. The largest absolute Gasteiger partial charge is 0.449 e. The van der Waals surface area contributed by atoms with Crippen LogP contribution in [0.4, 0.5) is 4.79 Å². The molecule has 1 aliphatic heterocycles. The van der Waals surface area contributed by atoms with Crippen molar-refractivity contribution in [1.82, 2.24) is 10.2 Å². The summed E-state index contributed by atoms with van der Waals surface area (Å²) < 4.78 is 4.98. The Morgan fingerprint density at radius 2 is 2.12 bits per heavy atom. The molecule has 1 saturated carbocycles. The Bertz CT molecular complexity index is 364. The lowest BCUT2D eigenvalue weighted by atomic mass is 9.81. The molecule has 1 N–H and O–H groups in total. The molecule has 0 bridgehead atoms. The van der Waals surface area contributed by atoms with Crippen molar-refractivity contribution in [2.24, 2.45) is 0 Å². The Hall–Kier alpha value is -1.17. The van der Waals surface area contributed by atoms with Crippen LogP contribution in [-0.2, 0) is 9.53 Å². The van der Waals surface area contributed by atoms with Crippen molar-refractivity contribution in [2.75, 3.05) is 6.61 Å². The van der Waals surface area contributed by atoms with Crippen molar-refractivity contribution in [3.63, 3.8) is 0 Å². The molecule has 6 heteroatoms. The molecule has 5 nitrogen and oxygen atoms in total. The summed E-state index contributed by atoms with van der Waals surface area (Å²) in [5.74, 6) is -0.157. The SMILES string of the molecule is CCOC(=O)N1C(=S)NC(=O)C12CCCCC2. The summed E-state index contributed by atoms with van der Waals surface area (Å²) in [6.07, 6.45) is 3.78. The van der Waals surface area contributed by atoms with Crippen LogP contribution in [-0.4, -0.2) is 34.2 Å². The predicted molar refractivity (Wildman–Crippen MR) is 65.4 cm³/mol. The summed E-state index contributed by atoms with van der Waals surface area (Å²) in [6, 6.07) is 0. The lowest BCUT2D eigenvalue weighted by Gasteiger charge is -2.36. The van der Waals surface area contributed by atoms with Crippen LogP contribution >= 0.6 is 12.2 Å². The molecule has 17 heavy (non-hydrogen) atoms. The minimum atomic E-state index is -0.790. The van der Waals surface area contributed by atoms with E-state index in [0.29, 0.717) is 12.8 Å². The van der Waals surface area contributed by atoms with Crippen LogP contribution < -0.4 is 5.32 Å². The highest BCUT2D eigenvalue weighted by Gasteiger charge is 2.54. The molecule has 0 radical (unpaired) electrons. The van der Waals surface area contributed by atoms with Gasteiger partial charge in [0.15, 0.2) is 5.11 Å². The maximum absolute atomic E-state index is 12.0. The molecule has 2 aliphatic rings. The van der Waals surface area contributed by atoms with E-state index < -0.39 is 11.6 Å². The van der Waals surface area contributed by atoms with E-state index in [0.717, 1.165) is 19.3 Å². The highest BCUT2D eigenvalue weighted by atomic mass is 32.1. The normalized spacial score (nSPS) is 22.8. The van der Waals surface area contributed by atoms with Crippen molar-refractivity contribution >= 4 is 29.3 Å². The number of ether oxygens (including phenoxy) is 1. The molecular formula is C11H16N2O3S. The predicted octanol–water partition coefficient (Wildman–Crippen LogP) is 1.56. The Kier molecular flexibility index (Phi) is 3.33. The van der Waals surface area contributed by atoms with Crippen molar-refractivity contribution in [3.8, 4) is 0 Å². The Balaban J connectivity index is 2.29. The summed E-state index contributed by atoms with van der Waals surface area (Å²) in [5, 5.41) is 2.76. The van der Waals surface area contributed by atoms with Gasteiger partial charge in [-0.25, -0.2) is 9.69 Å². The molecule has 2 amide bonds. The van der Waals surface area contributed by atoms with E-state index in [1.165, 1.54) is 4.90 Å². The zero-order chi connectivity index (χ0) is 12.5. The maximum atomic E-state index is 12.0. The van der Waals surface area contributed by atoms with Crippen molar-refractivity contribution in [3.05, 3.63) is 0 Å². The molecule has 0 aromatic rings. The monoisotopic (exact) mass is 256 g/mol. The fraction of sp³-hybridized carbons (Fsp3) is 0.727. The van der Waals surface area contributed by atoms with Gasteiger partial charge in [0.1, 0.15) is 5.54 Å². The van der Waals surface area contributed by atoms with E-state index in [2.05, 4.69) is 5.32 Å². The zero-order valence-corrected chi connectivity index (χ0v) is 10.6. The quantitative estimate of drug-likeness (QED) is 0.723. The minimum Gasteiger partial charge on any atom is -0.449 e. The highest BCUT2D eigenvalue weighted by Crippen LogP contribution is 2.37. The van der Waals surface area contributed by atoms with E-state index in [1.807, 2.05) is 0 Å². The van der Waals surface area contributed by atoms with Gasteiger partial charge >= 0.3 is 6.09 Å². The molecule has 0 unspecified atom stereocenters. The number of thiocarbonyl (C=S) groups is 1. The first-order valence-electron chi connectivity index (χ1n) is 5.94. The number of hydrogen-bond donors (Lipinski definition) is 1. The van der Waals surface area contributed by atoms with Crippen molar-refractivity contribution in [1.29, 1.82) is 0 Å². The van der Waals surface area contributed by atoms with E-state index >= 15 is 0 Å². The lowest BCUT2D eigenvalue weighted by molar-refractivity contribution is -0.127. The summed E-state index contributed by atoms with van der Waals surface area (Å²) >= 11 is 5.05. The van der Waals surface area contributed by atoms with Crippen molar-refractivity contribution < 1.29 is 14.3 Å². The average molecular weight is 256 g/mol. The third-order valence-electron chi connectivity index (χ3n) is 3.41. The van der Waals surface area contributed by atoms with Gasteiger partial charge < -0.3 is 10.1 Å². The van der Waals surface area contributed by atoms with E-state index in [4.69, 9.17) is 17.0 Å². The van der Waals surface area contributed by atoms with E-state index in [-0.39, 0.29) is 17.6 Å². The van der Waals surface area contributed by atoms with Crippen LogP contribution in [0.25, 0.3) is 0 Å². The van der Waals surface area contributed by atoms with E-state index in [9.17, 15) is 9.59 Å². The molecule has 1 aliphatic carbocycles. The molecular weight excluding hydrogens is 240 g/mol. The summed E-state index contributed by atoms with van der Waals surface area (Å²) in [5.41, 5.74) is -0.790. The molecule has 0 aromatic carbocycles. The van der Waals surface area contributed by atoms with Gasteiger partial charge in [0.25, 0.3) is 5.91 Å². The molecule has 1 heterocycles. The third kappa shape index (κ3) is 1.90. The molecule has 1 saturated heterocycles. The first kappa shape index (κ1) is 12.3. The fourth-order valence-electron chi connectivity index (χ4n) is 2.60. The number of nitrogens with zero attached hydrogens (tertiary/aromatic N) is 1. The summed E-state index contributed by atoms with van der Waals surface area (Å²) in [7, 11) is 0. The zero-order valence-electron chi connectivity index (χ0n) is 9.82. The van der Waals surface area contributed by atoms with Crippen LogP contribution in [0.15, 0.2) is 0 Å². The number of nitrogens with one attached hydrogen (secondary N) is 1. The second-order valence-corrected chi connectivity index (χ2v) is 4.77. The maximum Gasteiger partial charge on any atom is 0.417 e. The molecule has 0 atom stereocenters. The number of amides is 2. The molecule has 2 fully saturated rings. The third-order valence-corrected chi connectivity index (χ3v) is 3.69. The minimum absolute atomic E-state index is 0.157. The Morgan fingerprint density at radius 1 is 1.47 bits per heavy atom. The van der Waals surface area contributed by atoms with Crippen LogP contribution in [0, 0.1) is 0 Å². The smallest absolute Gasteiger partial charge is 0.417 e. The van der Waals surface area contributed by atoms with Crippen LogP contribution in [0.3, 0.4) is 0 Å². The molecule has 1 spiro atoms. The van der Waals surface area contributed by atoms with Crippen LogP contribution in [0.2, 0.25) is 0 Å². The first-order chi connectivity index (χ1) is 8.12. The number of carbonyl (C=O) groups is 2. The van der Waals surface area contributed by atoms with Gasteiger partial charge in [-0.2, -0.15) is 0 Å². The number of carbonyl (C=O) groups excluding carboxylic acids is 2. The van der Waals surface area contributed by atoms with Crippen LogP contribution in [0.5, 0.6) is 0 Å². The molecule has 0 aromatic heterocycles. The lowest BCUT2D eigenvalue weighted by Crippen LogP contribution is -2.53. The van der Waals surface area contributed by atoms with Gasteiger partial charge in [-0.1, -0.05) is 19.3 Å². The topological polar surface area (TPSA) is 58.6 Å². The van der Waals surface area contributed by atoms with Gasteiger partial charge in [0, 0.05) is 0 Å². The standard InChI is InChI=1S/C11H16N2O3S/c1-2-16-10(15)13-9(17)12-8(14)11(13)6-4-3-5-7-11/h2-7H2,1H3,(H,12,14,17). The summed E-state index contributed by atoms with van der Waals surface area (Å²) in [4.78, 5) is 25.3. The average Bonchev–Trinajstić information content (AvgIpc) is 2.52. The van der Waals surface area contributed by atoms with Crippen LogP contribution in [0.1, 0.15) is 39.0 Å². The fourth-order valence-corrected chi connectivity index (χ4v) is 2.94. The number of hydrogen-bond acceptors (Lipinski definition) is 4. The first-order valence-corrected chi connectivity index (χ1v) is 6.35. The molecule has 94 valence electrons. The van der Waals surface area contributed by atoms with Gasteiger partial charge in [0.05, 0.1) is 6.61 Å². The van der Waals surface area contributed by atoms with Gasteiger partial charge in [-0.15, -0.1) is 0 Å². The van der Waals surface area contributed by atoms with Gasteiger partial charge in [-0.3, -0.25) is 4.79 Å². The summed E-state index contributed by atoms with van der Waals surface area (Å²) in [6.45, 7) is 2.02. The second kappa shape index (κ2) is 4.60. The Morgan fingerprint density at radius 3 is 2.71 bits per heavy atom. The number of rotatable bonds is 1.